The first-order valence-electron chi connectivity index (χ1n) is 4.69. The number of ether oxygens (including phenoxy) is 2. The van der Waals surface area contributed by atoms with Crippen LogP contribution in [0.25, 0.3) is 0 Å². The van der Waals surface area contributed by atoms with Crippen LogP contribution in [-0.2, 0) is 14.3 Å². The van der Waals surface area contributed by atoms with Crippen LogP contribution in [0.4, 0.5) is 0 Å². The molecule has 4 heteroatoms. The van der Waals surface area contributed by atoms with Crippen molar-refractivity contribution in [2.75, 3.05) is 20.3 Å². The summed E-state index contributed by atoms with van der Waals surface area (Å²) in [4.78, 5) is 11.2. The molecular weight excluding hydrogens is 170 g/mol. The molecule has 1 aliphatic rings. The van der Waals surface area contributed by atoms with E-state index in [0.29, 0.717) is 6.61 Å². The van der Waals surface area contributed by atoms with E-state index < -0.39 is 0 Å². The Labute approximate surface area is 78.6 Å². The van der Waals surface area contributed by atoms with Crippen LogP contribution in [0.15, 0.2) is 0 Å². The molecule has 2 unspecified atom stereocenters. The Morgan fingerprint density at radius 3 is 3.08 bits per heavy atom. The van der Waals surface area contributed by atoms with Crippen LogP contribution in [-0.4, -0.2) is 38.4 Å². The molecule has 0 aromatic heterocycles. The Morgan fingerprint density at radius 2 is 2.54 bits per heavy atom. The zero-order valence-electron chi connectivity index (χ0n) is 8.21. The topological polar surface area (TPSA) is 47.6 Å². The van der Waals surface area contributed by atoms with E-state index in [1.165, 1.54) is 0 Å². The maximum atomic E-state index is 11.2. The van der Waals surface area contributed by atoms with Gasteiger partial charge in [-0.05, 0) is 26.8 Å². The molecule has 1 N–H and O–H groups in total. The van der Waals surface area contributed by atoms with E-state index in [4.69, 9.17) is 9.47 Å². The lowest BCUT2D eigenvalue weighted by Crippen LogP contribution is -2.34. The Balaban J connectivity index is 2.13. The van der Waals surface area contributed by atoms with Gasteiger partial charge in [0.1, 0.15) is 12.6 Å². The molecule has 1 heterocycles. The minimum absolute atomic E-state index is 0.119. The standard InChI is InChI=1S/C9H17NO3/c1-7(10-2)9(11)13-6-8-4-3-5-12-8/h7-8,10H,3-6H2,1-2H3. The highest BCUT2D eigenvalue weighted by Gasteiger charge is 2.19. The first-order chi connectivity index (χ1) is 6.24. The Bertz CT molecular complexity index is 166. The fraction of sp³-hybridized carbons (Fsp3) is 0.889. The first kappa shape index (κ1) is 10.5. The summed E-state index contributed by atoms with van der Waals surface area (Å²) in [5.74, 6) is -0.210. The summed E-state index contributed by atoms with van der Waals surface area (Å²) in [6, 6.07) is -0.235. The van der Waals surface area contributed by atoms with E-state index in [2.05, 4.69) is 5.32 Å². The number of likely N-dealkylation sites (N-methyl/N-ethyl adjacent to an activating group) is 1. The molecule has 0 amide bonds. The minimum atomic E-state index is -0.235. The number of rotatable bonds is 4. The largest absolute Gasteiger partial charge is 0.462 e. The van der Waals surface area contributed by atoms with Gasteiger partial charge < -0.3 is 14.8 Å². The lowest BCUT2D eigenvalue weighted by atomic mass is 10.2. The van der Waals surface area contributed by atoms with Crippen molar-refractivity contribution in [3.05, 3.63) is 0 Å². The molecule has 0 radical (unpaired) electrons. The molecule has 1 rings (SSSR count). The summed E-state index contributed by atoms with van der Waals surface area (Å²) in [6.07, 6.45) is 2.19. The number of carbonyl (C=O) groups is 1. The van der Waals surface area contributed by atoms with E-state index in [1.807, 2.05) is 0 Å². The molecular formula is C9H17NO3. The zero-order valence-corrected chi connectivity index (χ0v) is 8.21. The van der Waals surface area contributed by atoms with E-state index >= 15 is 0 Å². The highest BCUT2D eigenvalue weighted by atomic mass is 16.6. The van der Waals surface area contributed by atoms with Crippen molar-refractivity contribution < 1.29 is 14.3 Å². The number of hydrogen-bond acceptors (Lipinski definition) is 4. The molecule has 0 aliphatic carbocycles. The van der Waals surface area contributed by atoms with Crippen molar-refractivity contribution in [2.24, 2.45) is 0 Å². The molecule has 76 valence electrons. The maximum Gasteiger partial charge on any atom is 0.322 e. The smallest absolute Gasteiger partial charge is 0.322 e. The van der Waals surface area contributed by atoms with Gasteiger partial charge in [0.15, 0.2) is 0 Å². The molecule has 13 heavy (non-hydrogen) atoms. The van der Waals surface area contributed by atoms with Crippen LogP contribution < -0.4 is 5.32 Å². The average molecular weight is 187 g/mol. The number of carbonyl (C=O) groups excluding carboxylic acids is 1. The monoisotopic (exact) mass is 187 g/mol. The van der Waals surface area contributed by atoms with Gasteiger partial charge in [-0.2, -0.15) is 0 Å². The third kappa shape index (κ3) is 3.32. The van der Waals surface area contributed by atoms with Crippen molar-refractivity contribution in [3.63, 3.8) is 0 Å². The van der Waals surface area contributed by atoms with E-state index in [-0.39, 0.29) is 18.1 Å². The summed E-state index contributed by atoms with van der Waals surface area (Å²) in [7, 11) is 1.73. The normalized spacial score (nSPS) is 24.3. The van der Waals surface area contributed by atoms with Crippen LogP contribution in [0, 0.1) is 0 Å². The van der Waals surface area contributed by atoms with E-state index in [1.54, 1.807) is 14.0 Å². The SMILES string of the molecule is CNC(C)C(=O)OCC1CCCO1. The van der Waals surface area contributed by atoms with Crippen LogP contribution in [0.3, 0.4) is 0 Å². The second-order valence-corrected chi connectivity index (χ2v) is 3.28. The van der Waals surface area contributed by atoms with Crippen LogP contribution in [0.1, 0.15) is 19.8 Å². The molecule has 1 saturated heterocycles. The van der Waals surface area contributed by atoms with Gasteiger partial charge in [-0.3, -0.25) is 4.79 Å². The third-order valence-corrected chi connectivity index (χ3v) is 2.22. The molecule has 0 aromatic rings. The van der Waals surface area contributed by atoms with E-state index in [0.717, 1.165) is 19.4 Å². The molecule has 0 aromatic carbocycles. The van der Waals surface area contributed by atoms with Gasteiger partial charge in [0, 0.05) is 6.61 Å². The average Bonchev–Trinajstić information content (AvgIpc) is 2.65. The lowest BCUT2D eigenvalue weighted by molar-refractivity contribution is -0.148. The van der Waals surface area contributed by atoms with Gasteiger partial charge in [0.05, 0.1) is 6.10 Å². The van der Waals surface area contributed by atoms with Crippen LogP contribution in [0.5, 0.6) is 0 Å². The van der Waals surface area contributed by atoms with Crippen LogP contribution in [0.2, 0.25) is 0 Å². The lowest BCUT2D eigenvalue weighted by Gasteiger charge is -2.13. The molecule has 1 fully saturated rings. The summed E-state index contributed by atoms with van der Waals surface area (Å²) in [6.45, 7) is 2.96. The van der Waals surface area contributed by atoms with Crippen molar-refractivity contribution in [2.45, 2.75) is 31.9 Å². The second-order valence-electron chi connectivity index (χ2n) is 3.28. The number of nitrogens with one attached hydrogen (secondary N) is 1. The predicted octanol–water partition coefficient (Wildman–Crippen LogP) is 0.316. The van der Waals surface area contributed by atoms with Crippen molar-refractivity contribution in [1.29, 1.82) is 0 Å². The molecule has 2 atom stereocenters. The molecule has 0 bridgehead atoms. The van der Waals surface area contributed by atoms with Crippen molar-refractivity contribution in [1.82, 2.24) is 5.32 Å². The third-order valence-electron chi connectivity index (χ3n) is 2.22. The zero-order chi connectivity index (χ0) is 9.68. The highest BCUT2D eigenvalue weighted by molar-refractivity contribution is 5.75. The van der Waals surface area contributed by atoms with Crippen molar-refractivity contribution >= 4 is 5.97 Å². The summed E-state index contributed by atoms with van der Waals surface area (Å²) < 4.78 is 10.4. The maximum absolute atomic E-state index is 11.2. The van der Waals surface area contributed by atoms with Crippen LogP contribution >= 0.6 is 0 Å². The quantitative estimate of drug-likeness (QED) is 0.644. The highest BCUT2D eigenvalue weighted by Crippen LogP contribution is 2.12. The van der Waals surface area contributed by atoms with Crippen molar-refractivity contribution in [3.8, 4) is 0 Å². The molecule has 1 aliphatic heterocycles. The first-order valence-corrected chi connectivity index (χ1v) is 4.69. The summed E-state index contributed by atoms with van der Waals surface area (Å²) >= 11 is 0. The van der Waals surface area contributed by atoms with Gasteiger partial charge in [0.2, 0.25) is 0 Å². The Kier molecular flexibility index (Phi) is 4.18. The van der Waals surface area contributed by atoms with Gasteiger partial charge in [-0.1, -0.05) is 0 Å². The van der Waals surface area contributed by atoms with Gasteiger partial charge in [-0.25, -0.2) is 0 Å². The number of hydrogen-bond donors (Lipinski definition) is 1. The molecule has 0 spiro atoms. The second kappa shape index (κ2) is 5.19. The number of esters is 1. The predicted molar refractivity (Wildman–Crippen MR) is 48.5 cm³/mol. The summed E-state index contributed by atoms with van der Waals surface area (Å²) in [5, 5.41) is 2.82. The van der Waals surface area contributed by atoms with Gasteiger partial charge >= 0.3 is 5.97 Å². The van der Waals surface area contributed by atoms with E-state index in [9.17, 15) is 4.79 Å². The van der Waals surface area contributed by atoms with Gasteiger partial charge in [-0.15, -0.1) is 0 Å². The van der Waals surface area contributed by atoms with Gasteiger partial charge in [0.25, 0.3) is 0 Å². The molecule has 4 nitrogen and oxygen atoms in total. The summed E-state index contributed by atoms with van der Waals surface area (Å²) in [5.41, 5.74) is 0. The Hall–Kier alpha value is -0.610. The molecule has 0 saturated carbocycles. The fourth-order valence-electron chi connectivity index (χ4n) is 1.19. The fourth-order valence-corrected chi connectivity index (χ4v) is 1.19. The minimum Gasteiger partial charge on any atom is -0.462 e. The Morgan fingerprint density at radius 1 is 1.77 bits per heavy atom.